The summed E-state index contributed by atoms with van der Waals surface area (Å²) in [5.41, 5.74) is -0.781. The molecule has 18 heavy (non-hydrogen) atoms. The Hall–Kier alpha value is -0.300. The van der Waals surface area contributed by atoms with E-state index in [1.807, 2.05) is 0 Å². The van der Waals surface area contributed by atoms with Gasteiger partial charge in [-0.3, -0.25) is 0 Å². The maximum Gasteiger partial charge on any atom is 0.456 e. The number of hydrogen-bond donors (Lipinski definition) is 1. The number of rotatable bonds is 2. The molecule has 1 unspecified atom stereocenters. The molecule has 0 aromatic heterocycles. The highest BCUT2D eigenvalue weighted by atomic mass is 35.5. The Bertz CT molecular complexity index is 437. The largest absolute Gasteiger partial charge is 0.456 e. The second-order valence-electron chi connectivity index (χ2n) is 3.32. The van der Waals surface area contributed by atoms with Crippen LogP contribution in [0.15, 0.2) is 12.1 Å². The number of benzene rings is 1. The minimum Gasteiger partial charge on any atom is -0.382 e. The fraction of sp³-hybridized carbons (Fsp3) is 0.333. The quantitative estimate of drug-likeness (QED) is 0.606. The molecule has 1 aromatic carbocycles. The van der Waals surface area contributed by atoms with Crippen molar-refractivity contribution in [3.8, 4) is 0 Å². The molecule has 0 spiro atoms. The summed E-state index contributed by atoms with van der Waals surface area (Å²) in [7, 11) is 0. The molecule has 0 saturated carbocycles. The van der Waals surface area contributed by atoms with E-state index in [0.717, 1.165) is 0 Å². The monoisotopic (exact) mass is 328 g/mol. The fourth-order valence-electron chi connectivity index (χ4n) is 1.10. The molecule has 0 aliphatic rings. The van der Waals surface area contributed by atoms with Gasteiger partial charge in [0.15, 0.2) is 6.10 Å². The molecule has 1 rings (SSSR count). The summed E-state index contributed by atoms with van der Waals surface area (Å²) in [5.74, 6) is -5.33. The molecule has 0 saturated heterocycles. The van der Waals surface area contributed by atoms with Crippen molar-refractivity contribution in [3.63, 3.8) is 0 Å². The van der Waals surface area contributed by atoms with Crippen LogP contribution in [0.1, 0.15) is 11.7 Å². The second kappa shape index (κ2) is 5.00. The van der Waals surface area contributed by atoms with Crippen molar-refractivity contribution >= 4 is 34.8 Å². The van der Waals surface area contributed by atoms with E-state index in [1.54, 1.807) is 0 Å². The molecule has 0 heterocycles. The molecule has 0 radical (unpaired) electrons. The lowest BCUT2D eigenvalue weighted by molar-refractivity contribution is -0.315. The van der Waals surface area contributed by atoms with Gasteiger partial charge >= 0.3 is 12.1 Å². The lowest BCUT2D eigenvalue weighted by Gasteiger charge is -2.25. The van der Waals surface area contributed by atoms with Crippen LogP contribution in [0, 0.1) is 0 Å². The highest BCUT2D eigenvalue weighted by Gasteiger charge is 2.62. The molecular weight excluding hydrogens is 325 g/mol. The lowest BCUT2D eigenvalue weighted by Crippen LogP contribution is -2.42. The van der Waals surface area contributed by atoms with E-state index in [4.69, 9.17) is 39.9 Å². The highest BCUT2D eigenvalue weighted by Crippen LogP contribution is 2.46. The third-order valence-electron chi connectivity index (χ3n) is 2.04. The Morgan fingerprint density at radius 1 is 0.944 bits per heavy atom. The summed E-state index contributed by atoms with van der Waals surface area (Å²) in [4.78, 5) is 0. The van der Waals surface area contributed by atoms with Gasteiger partial charge in [-0.25, -0.2) is 0 Å². The molecule has 9 heteroatoms. The molecule has 1 atom stereocenters. The van der Waals surface area contributed by atoms with Crippen molar-refractivity contribution in [2.45, 2.75) is 18.2 Å². The summed E-state index contributed by atoms with van der Waals surface area (Å²) in [6.07, 6.45) is -9.02. The zero-order chi connectivity index (χ0) is 14.3. The van der Waals surface area contributed by atoms with Crippen LogP contribution in [-0.4, -0.2) is 17.2 Å². The van der Waals surface area contributed by atoms with E-state index in [1.165, 1.54) is 0 Å². The van der Waals surface area contributed by atoms with Crippen LogP contribution in [0.5, 0.6) is 0 Å². The average molecular weight is 329 g/mol. The zero-order valence-electron chi connectivity index (χ0n) is 8.20. The summed E-state index contributed by atoms with van der Waals surface area (Å²) < 4.78 is 61.9. The molecule has 102 valence electrons. The lowest BCUT2D eigenvalue weighted by atomic mass is 10.0. The first kappa shape index (κ1) is 15.8. The molecule has 1 aromatic rings. The molecule has 0 bridgehead atoms. The molecule has 0 aliphatic heterocycles. The Kier molecular flexibility index (Phi) is 4.37. The van der Waals surface area contributed by atoms with Gasteiger partial charge in [-0.1, -0.05) is 34.8 Å². The predicted octanol–water partition coefficient (Wildman–Crippen LogP) is 4.88. The van der Waals surface area contributed by atoms with Gasteiger partial charge in [0.1, 0.15) is 0 Å². The number of halogens is 8. The van der Waals surface area contributed by atoms with Crippen LogP contribution in [-0.2, 0) is 0 Å². The van der Waals surface area contributed by atoms with Gasteiger partial charge < -0.3 is 5.11 Å². The summed E-state index contributed by atoms with van der Waals surface area (Å²) in [6, 6.07) is 1.39. The summed E-state index contributed by atoms with van der Waals surface area (Å²) in [6.45, 7) is 0. The molecule has 0 fully saturated rings. The van der Waals surface area contributed by atoms with Crippen molar-refractivity contribution < 1.29 is 27.1 Å². The van der Waals surface area contributed by atoms with Gasteiger partial charge in [0.25, 0.3) is 0 Å². The van der Waals surface area contributed by atoms with E-state index < -0.39 is 23.8 Å². The number of aliphatic hydroxyl groups is 1. The van der Waals surface area contributed by atoms with Gasteiger partial charge in [-0.2, -0.15) is 22.0 Å². The normalized spacial score (nSPS) is 14.7. The van der Waals surface area contributed by atoms with Crippen molar-refractivity contribution in [3.05, 3.63) is 32.8 Å². The third kappa shape index (κ3) is 2.82. The van der Waals surface area contributed by atoms with Crippen LogP contribution < -0.4 is 0 Å². The smallest absolute Gasteiger partial charge is 0.382 e. The van der Waals surface area contributed by atoms with Crippen LogP contribution in [0.25, 0.3) is 0 Å². The number of aliphatic hydroxyl groups excluding tert-OH is 1. The van der Waals surface area contributed by atoms with Crippen LogP contribution in [0.4, 0.5) is 22.0 Å². The van der Waals surface area contributed by atoms with Crippen molar-refractivity contribution in [1.29, 1.82) is 0 Å². The molecule has 1 N–H and O–H groups in total. The Labute approximate surface area is 113 Å². The summed E-state index contributed by atoms with van der Waals surface area (Å²) in [5, 5.41) is 8.22. The van der Waals surface area contributed by atoms with E-state index in [0.29, 0.717) is 12.1 Å². The first-order chi connectivity index (χ1) is 7.98. The van der Waals surface area contributed by atoms with E-state index in [9.17, 15) is 22.0 Å². The van der Waals surface area contributed by atoms with Crippen molar-refractivity contribution in [2.24, 2.45) is 0 Å². The number of hydrogen-bond acceptors (Lipinski definition) is 1. The van der Waals surface area contributed by atoms with Gasteiger partial charge in [0.05, 0.1) is 15.1 Å². The SMILES string of the molecule is OC(c1cc(Cl)c(Cl)c(Cl)c1)C(F)(F)C(F)(F)F. The van der Waals surface area contributed by atoms with E-state index in [-0.39, 0.29) is 15.1 Å². The van der Waals surface area contributed by atoms with Crippen molar-refractivity contribution in [2.75, 3.05) is 0 Å². The van der Waals surface area contributed by atoms with Gasteiger partial charge in [0.2, 0.25) is 0 Å². The third-order valence-corrected chi connectivity index (χ3v) is 3.24. The Morgan fingerprint density at radius 2 is 1.33 bits per heavy atom. The Morgan fingerprint density at radius 3 is 1.67 bits per heavy atom. The minimum atomic E-state index is -5.90. The summed E-state index contributed by atoms with van der Waals surface area (Å²) >= 11 is 16.5. The van der Waals surface area contributed by atoms with Crippen LogP contribution in [0.2, 0.25) is 15.1 Å². The average Bonchev–Trinajstić information content (AvgIpc) is 2.22. The maximum absolute atomic E-state index is 12.9. The standard InChI is InChI=1S/C9H4Cl3F5O/c10-4-1-3(2-5(11)6(4)12)7(18)8(13,14)9(15,16)17/h1-2,7,18H. The van der Waals surface area contributed by atoms with E-state index >= 15 is 0 Å². The van der Waals surface area contributed by atoms with Crippen LogP contribution >= 0.6 is 34.8 Å². The predicted molar refractivity (Wildman–Crippen MR) is 57.4 cm³/mol. The second-order valence-corrected chi connectivity index (χ2v) is 4.51. The first-order valence-corrected chi connectivity index (χ1v) is 5.39. The van der Waals surface area contributed by atoms with Gasteiger partial charge in [0, 0.05) is 0 Å². The topological polar surface area (TPSA) is 20.2 Å². The molecule has 0 amide bonds. The van der Waals surface area contributed by atoms with E-state index in [2.05, 4.69) is 0 Å². The van der Waals surface area contributed by atoms with Crippen molar-refractivity contribution in [1.82, 2.24) is 0 Å². The fourth-order valence-corrected chi connectivity index (χ4v) is 1.71. The molecule has 0 aliphatic carbocycles. The first-order valence-electron chi connectivity index (χ1n) is 4.25. The Balaban J connectivity index is 3.24. The van der Waals surface area contributed by atoms with Gasteiger partial charge in [-0.05, 0) is 17.7 Å². The van der Waals surface area contributed by atoms with Gasteiger partial charge in [-0.15, -0.1) is 0 Å². The maximum atomic E-state index is 12.9. The number of alkyl halides is 5. The zero-order valence-corrected chi connectivity index (χ0v) is 10.5. The highest BCUT2D eigenvalue weighted by molar-refractivity contribution is 6.48. The minimum absolute atomic E-state index is 0.204. The van der Waals surface area contributed by atoms with Crippen LogP contribution in [0.3, 0.4) is 0 Å². The molecule has 1 nitrogen and oxygen atoms in total. The molecular formula is C9H4Cl3F5O.